The van der Waals surface area contributed by atoms with E-state index in [1.54, 1.807) is 4.90 Å². The molecule has 1 aromatic carbocycles. The van der Waals surface area contributed by atoms with Crippen LogP contribution in [-0.2, 0) is 4.79 Å². The summed E-state index contributed by atoms with van der Waals surface area (Å²) in [6.45, 7) is 6.71. The summed E-state index contributed by atoms with van der Waals surface area (Å²) >= 11 is 0. The third-order valence-electron chi connectivity index (χ3n) is 6.24. The lowest BCUT2D eigenvalue weighted by atomic mass is 9.80. The molecule has 4 heteroatoms. The number of benzene rings is 1. The molecule has 1 aliphatic rings. The van der Waals surface area contributed by atoms with Gasteiger partial charge in [-0.25, -0.2) is 8.78 Å². The van der Waals surface area contributed by atoms with Crippen molar-refractivity contribution in [3.05, 3.63) is 29.8 Å². The molecule has 0 spiro atoms. The maximum Gasteiger partial charge on any atom is 0.233 e. The Kier molecular flexibility index (Phi) is 8.25. The molecule has 0 saturated heterocycles. The Morgan fingerprint density at radius 3 is 2.44 bits per heavy atom. The maximum absolute atomic E-state index is 14.6. The summed E-state index contributed by atoms with van der Waals surface area (Å²) < 4.78 is 28.0. The van der Waals surface area contributed by atoms with Crippen LogP contribution in [0.1, 0.15) is 85.0 Å². The summed E-state index contributed by atoms with van der Waals surface area (Å²) in [7, 11) is 0. The Balaban J connectivity index is 2.30. The number of unbranched alkanes of at least 4 members (excludes halogenated alkanes) is 2. The highest BCUT2D eigenvalue weighted by atomic mass is 19.1. The quantitative estimate of drug-likeness (QED) is 0.428. The highest BCUT2D eigenvalue weighted by molar-refractivity contribution is 5.97. The Morgan fingerprint density at radius 1 is 1.15 bits per heavy atom. The number of hydrogen-bond donors (Lipinski definition) is 0. The van der Waals surface area contributed by atoms with Crippen LogP contribution in [-0.4, -0.2) is 12.5 Å². The molecule has 1 unspecified atom stereocenters. The van der Waals surface area contributed by atoms with Crippen LogP contribution in [0.5, 0.6) is 0 Å². The molecule has 1 fully saturated rings. The number of amides is 1. The largest absolute Gasteiger partial charge is 0.309 e. The van der Waals surface area contributed by atoms with Gasteiger partial charge in [-0.1, -0.05) is 59.3 Å². The average Bonchev–Trinajstić information content (AvgIpc) is 2.67. The minimum Gasteiger partial charge on any atom is -0.309 e. The molecule has 0 bridgehead atoms. The Bertz CT molecular complexity index is 612. The summed E-state index contributed by atoms with van der Waals surface area (Å²) in [5.74, 6) is -0.880. The normalized spacial score (nSPS) is 17.5. The van der Waals surface area contributed by atoms with Crippen molar-refractivity contribution in [2.75, 3.05) is 11.4 Å². The van der Waals surface area contributed by atoms with Crippen LogP contribution < -0.4 is 4.90 Å². The molecule has 1 aliphatic carbocycles. The number of halogens is 2. The van der Waals surface area contributed by atoms with Gasteiger partial charge in [-0.05, 0) is 43.7 Å². The first-order valence-corrected chi connectivity index (χ1v) is 10.7. The van der Waals surface area contributed by atoms with Gasteiger partial charge in [0, 0.05) is 18.0 Å². The molecule has 2 rings (SSSR count). The highest BCUT2D eigenvalue weighted by Gasteiger charge is 2.37. The smallest absolute Gasteiger partial charge is 0.233 e. The SMILES string of the molecule is CCCCCC(C)(CC)C(=O)N(CC1CCCCC1)c1ccc(F)cc1F. The molecular weight excluding hydrogens is 344 g/mol. The van der Waals surface area contributed by atoms with Crippen molar-refractivity contribution in [2.24, 2.45) is 11.3 Å². The summed E-state index contributed by atoms with van der Waals surface area (Å²) in [4.78, 5) is 15.2. The second-order valence-electron chi connectivity index (χ2n) is 8.39. The zero-order chi connectivity index (χ0) is 19.9. The molecule has 0 aliphatic heterocycles. The first-order chi connectivity index (χ1) is 12.9. The first kappa shape index (κ1) is 21.8. The lowest BCUT2D eigenvalue weighted by molar-refractivity contribution is -0.128. The van der Waals surface area contributed by atoms with Crippen molar-refractivity contribution >= 4 is 11.6 Å². The third-order valence-corrected chi connectivity index (χ3v) is 6.24. The van der Waals surface area contributed by atoms with E-state index in [-0.39, 0.29) is 11.6 Å². The van der Waals surface area contributed by atoms with E-state index in [2.05, 4.69) is 6.92 Å². The Labute approximate surface area is 163 Å². The van der Waals surface area contributed by atoms with Crippen molar-refractivity contribution in [3.63, 3.8) is 0 Å². The molecule has 152 valence electrons. The van der Waals surface area contributed by atoms with E-state index in [1.807, 2.05) is 13.8 Å². The third kappa shape index (κ3) is 5.76. The number of anilines is 1. The molecule has 27 heavy (non-hydrogen) atoms. The number of nitrogens with zero attached hydrogens (tertiary/aromatic N) is 1. The molecule has 0 radical (unpaired) electrons. The van der Waals surface area contributed by atoms with E-state index in [9.17, 15) is 13.6 Å². The van der Waals surface area contributed by atoms with Gasteiger partial charge in [0.05, 0.1) is 5.69 Å². The Hall–Kier alpha value is -1.45. The van der Waals surface area contributed by atoms with Crippen molar-refractivity contribution in [2.45, 2.75) is 85.0 Å². The van der Waals surface area contributed by atoms with E-state index in [1.165, 1.54) is 31.4 Å². The van der Waals surface area contributed by atoms with E-state index in [0.717, 1.165) is 51.0 Å². The molecule has 1 atom stereocenters. The molecule has 0 aromatic heterocycles. The number of rotatable bonds is 9. The minimum absolute atomic E-state index is 0.0165. The van der Waals surface area contributed by atoms with Crippen LogP contribution in [0.3, 0.4) is 0 Å². The Morgan fingerprint density at radius 2 is 1.85 bits per heavy atom. The summed E-state index contributed by atoms with van der Waals surface area (Å²) in [5.41, 5.74) is -0.285. The highest BCUT2D eigenvalue weighted by Crippen LogP contribution is 2.35. The zero-order valence-electron chi connectivity index (χ0n) is 17.2. The molecule has 2 nitrogen and oxygen atoms in total. The molecule has 1 aromatic rings. The first-order valence-electron chi connectivity index (χ1n) is 10.7. The van der Waals surface area contributed by atoms with Crippen LogP contribution in [0.15, 0.2) is 18.2 Å². The van der Waals surface area contributed by atoms with Gasteiger partial charge < -0.3 is 4.90 Å². The second-order valence-corrected chi connectivity index (χ2v) is 8.39. The van der Waals surface area contributed by atoms with Gasteiger partial charge in [-0.3, -0.25) is 4.79 Å². The predicted octanol–water partition coefficient (Wildman–Crippen LogP) is 6.87. The van der Waals surface area contributed by atoms with Crippen LogP contribution in [0.25, 0.3) is 0 Å². The standard InChI is InChI=1S/C23H35F2NO/c1-4-6-10-15-23(3,5-2)22(27)26(17-18-11-8-7-9-12-18)21-14-13-19(24)16-20(21)25/h13-14,16,18H,4-12,15,17H2,1-3H3. The second kappa shape index (κ2) is 10.2. The van der Waals surface area contributed by atoms with Gasteiger partial charge in [0.15, 0.2) is 0 Å². The molecule has 1 saturated carbocycles. The number of carbonyl (C=O) groups excluding carboxylic acids is 1. The van der Waals surface area contributed by atoms with E-state index >= 15 is 0 Å². The van der Waals surface area contributed by atoms with Gasteiger partial charge in [-0.2, -0.15) is 0 Å². The average molecular weight is 380 g/mol. The number of hydrogen-bond acceptors (Lipinski definition) is 1. The molecule has 0 N–H and O–H groups in total. The lowest BCUT2D eigenvalue weighted by Gasteiger charge is -2.37. The van der Waals surface area contributed by atoms with Crippen LogP contribution in [0.4, 0.5) is 14.5 Å². The van der Waals surface area contributed by atoms with Crippen molar-refractivity contribution in [1.82, 2.24) is 0 Å². The van der Waals surface area contributed by atoms with Gasteiger partial charge in [-0.15, -0.1) is 0 Å². The van der Waals surface area contributed by atoms with E-state index in [4.69, 9.17) is 0 Å². The van der Waals surface area contributed by atoms with E-state index in [0.29, 0.717) is 12.5 Å². The van der Waals surface area contributed by atoms with Gasteiger partial charge >= 0.3 is 0 Å². The fraction of sp³-hybridized carbons (Fsp3) is 0.696. The zero-order valence-corrected chi connectivity index (χ0v) is 17.2. The van der Waals surface area contributed by atoms with Gasteiger partial charge in [0.2, 0.25) is 5.91 Å². The van der Waals surface area contributed by atoms with Crippen molar-refractivity contribution in [1.29, 1.82) is 0 Å². The molecular formula is C23H35F2NO. The fourth-order valence-corrected chi connectivity index (χ4v) is 4.14. The monoisotopic (exact) mass is 379 g/mol. The van der Waals surface area contributed by atoms with Crippen LogP contribution in [0.2, 0.25) is 0 Å². The van der Waals surface area contributed by atoms with Crippen LogP contribution >= 0.6 is 0 Å². The van der Waals surface area contributed by atoms with Gasteiger partial charge in [0.1, 0.15) is 11.6 Å². The number of carbonyl (C=O) groups is 1. The summed E-state index contributed by atoms with van der Waals surface area (Å²) in [5, 5.41) is 0. The van der Waals surface area contributed by atoms with Crippen LogP contribution in [0, 0.1) is 23.0 Å². The predicted molar refractivity (Wildman–Crippen MR) is 108 cm³/mol. The lowest BCUT2D eigenvalue weighted by Crippen LogP contribution is -2.45. The topological polar surface area (TPSA) is 20.3 Å². The minimum atomic E-state index is -0.647. The van der Waals surface area contributed by atoms with Crippen molar-refractivity contribution in [3.8, 4) is 0 Å². The maximum atomic E-state index is 14.6. The van der Waals surface area contributed by atoms with Crippen molar-refractivity contribution < 1.29 is 13.6 Å². The molecule has 1 amide bonds. The molecule has 0 heterocycles. The fourth-order valence-electron chi connectivity index (χ4n) is 4.14. The summed E-state index contributed by atoms with van der Waals surface area (Å²) in [6.07, 6.45) is 10.4. The van der Waals surface area contributed by atoms with Gasteiger partial charge in [0.25, 0.3) is 0 Å². The summed E-state index contributed by atoms with van der Waals surface area (Å²) in [6, 6.07) is 3.56. The van der Waals surface area contributed by atoms with E-state index < -0.39 is 17.0 Å².